The molecule has 10 unspecified atom stereocenters. The third-order valence-electron chi connectivity index (χ3n) is 11.5. The highest BCUT2D eigenvalue weighted by atomic mass is 16.8. The van der Waals surface area contributed by atoms with E-state index < -0.39 is 5.79 Å². The standard InChI is InChI=1S/C29H48O3/c1-18(2)8-7-9-19(3)23-12-13-24-22-11-10-21-16-29(31-20(4)30)26(32-29)17-28(21,6)25(22)14-15-27(23,24)5/h18-19,21-26H,7-17H2,1-6H3. The Hall–Kier alpha value is -0.570. The molecular weight excluding hydrogens is 396 g/mol. The van der Waals surface area contributed by atoms with Crippen LogP contribution in [-0.4, -0.2) is 17.9 Å². The summed E-state index contributed by atoms with van der Waals surface area (Å²) < 4.78 is 11.8. The molecular formula is C29H48O3. The summed E-state index contributed by atoms with van der Waals surface area (Å²) in [5.74, 6) is 5.23. The molecule has 5 fully saturated rings. The Balaban J connectivity index is 1.28. The smallest absolute Gasteiger partial charge is 0.305 e. The number of epoxide rings is 1. The molecule has 182 valence electrons. The lowest BCUT2D eigenvalue weighted by atomic mass is 9.44. The van der Waals surface area contributed by atoms with Gasteiger partial charge in [0.25, 0.3) is 0 Å². The number of esters is 1. The van der Waals surface area contributed by atoms with Gasteiger partial charge in [-0.3, -0.25) is 4.79 Å². The van der Waals surface area contributed by atoms with Crippen LogP contribution in [0.1, 0.15) is 112 Å². The van der Waals surface area contributed by atoms with Crippen LogP contribution < -0.4 is 0 Å². The molecule has 0 aromatic rings. The molecule has 4 aliphatic carbocycles. The van der Waals surface area contributed by atoms with Gasteiger partial charge in [-0.15, -0.1) is 0 Å². The van der Waals surface area contributed by atoms with Crippen molar-refractivity contribution in [2.45, 2.75) is 124 Å². The van der Waals surface area contributed by atoms with E-state index in [1.54, 1.807) is 0 Å². The fraction of sp³-hybridized carbons (Fsp3) is 0.966. The SMILES string of the molecule is CC(=O)OC12CC3CCC4C(CCC5(C)C(C(C)CCCC(C)C)CCC45)C3(C)CC1O2. The van der Waals surface area contributed by atoms with Gasteiger partial charge in [0.15, 0.2) is 0 Å². The van der Waals surface area contributed by atoms with Crippen molar-refractivity contribution >= 4 is 5.97 Å². The number of hydrogen-bond acceptors (Lipinski definition) is 3. The molecule has 0 radical (unpaired) electrons. The van der Waals surface area contributed by atoms with Crippen LogP contribution in [-0.2, 0) is 14.3 Å². The third-order valence-corrected chi connectivity index (χ3v) is 11.5. The van der Waals surface area contributed by atoms with Gasteiger partial charge in [-0.25, -0.2) is 0 Å². The second kappa shape index (κ2) is 7.99. The summed E-state index contributed by atoms with van der Waals surface area (Å²) in [7, 11) is 0. The summed E-state index contributed by atoms with van der Waals surface area (Å²) in [5.41, 5.74) is 0.934. The lowest BCUT2D eigenvalue weighted by molar-refractivity contribution is -0.168. The summed E-state index contributed by atoms with van der Waals surface area (Å²) >= 11 is 0. The van der Waals surface area contributed by atoms with Crippen LogP contribution in [0.5, 0.6) is 0 Å². The van der Waals surface area contributed by atoms with Crippen molar-refractivity contribution in [3.63, 3.8) is 0 Å². The van der Waals surface area contributed by atoms with Crippen LogP contribution in [0.15, 0.2) is 0 Å². The minimum absolute atomic E-state index is 0.150. The maximum atomic E-state index is 11.7. The first-order valence-corrected chi connectivity index (χ1v) is 14.0. The molecule has 1 heterocycles. The number of fused-ring (bicyclic) bond motifs is 6. The van der Waals surface area contributed by atoms with Crippen LogP contribution in [0.4, 0.5) is 0 Å². The Morgan fingerprint density at radius 2 is 1.72 bits per heavy atom. The monoisotopic (exact) mass is 444 g/mol. The molecule has 5 rings (SSSR count). The molecule has 0 aromatic heterocycles. The van der Waals surface area contributed by atoms with Gasteiger partial charge in [0.2, 0.25) is 5.79 Å². The summed E-state index contributed by atoms with van der Waals surface area (Å²) in [6, 6.07) is 0. The van der Waals surface area contributed by atoms with E-state index in [-0.39, 0.29) is 12.1 Å². The number of carbonyl (C=O) groups is 1. The first-order valence-electron chi connectivity index (χ1n) is 14.0. The Bertz CT molecular complexity index is 732. The normalized spacial score (nSPS) is 50.1. The van der Waals surface area contributed by atoms with E-state index in [0.29, 0.717) is 16.7 Å². The summed E-state index contributed by atoms with van der Waals surface area (Å²) in [6.45, 7) is 14.1. The molecule has 5 aliphatic rings. The van der Waals surface area contributed by atoms with E-state index in [4.69, 9.17) is 9.47 Å². The Morgan fingerprint density at radius 1 is 0.969 bits per heavy atom. The van der Waals surface area contributed by atoms with Crippen molar-refractivity contribution in [1.82, 2.24) is 0 Å². The molecule has 3 heteroatoms. The minimum atomic E-state index is -0.560. The third kappa shape index (κ3) is 3.59. The lowest BCUT2D eigenvalue weighted by Crippen LogP contribution is -2.55. The van der Waals surface area contributed by atoms with Gasteiger partial charge in [0.1, 0.15) is 6.10 Å². The lowest BCUT2D eigenvalue weighted by Gasteiger charge is -2.60. The van der Waals surface area contributed by atoms with Crippen molar-refractivity contribution < 1.29 is 14.3 Å². The molecule has 4 saturated carbocycles. The summed E-state index contributed by atoms with van der Waals surface area (Å²) in [6.07, 6.45) is 14.9. The van der Waals surface area contributed by atoms with Gasteiger partial charge in [0.05, 0.1) is 0 Å². The van der Waals surface area contributed by atoms with Gasteiger partial charge < -0.3 is 9.47 Å². The van der Waals surface area contributed by atoms with Crippen LogP contribution in [0, 0.1) is 52.3 Å². The largest absolute Gasteiger partial charge is 0.430 e. The average molecular weight is 445 g/mol. The van der Waals surface area contributed by atoms with E-state index in [2.05, 4.69) is 34.6 Å². The molecule has 0 bridgehead atoms. The van der Waals surface area contributed by atoms with Crippen molar-refractivity contribution in [3.05, 3.63) is 0 Å². The highest BCUT2D eigenvalue weighted by Gasteiger charge is 2.71. The summed E-state index contributed by atoms with van der Waals surface area (Å²) in [4.78, 5) is 11.7. The van der Waals surface area contributed by atoms with Gasteiger partial charge in [-0.05, 0) is 97.2 Å². The molecule has 1 saturated heterocycles. The van der Waals surface area contributed by atoms with Crippen LogP contribution in [0.2, 0.25) is 0 Å². The molecule has 1 aliphatic heterocycles. The maximum Gasteiger partial charge on any atom is 0.305 e. The molecule has 32 heavy (non-hydrogen) atoms. The first-order chi connectivity index (χ1) is 15.1. The molecule has 3 nitrogen and oxygen atoms in total. The zero-order chi connectivity index (χ0) is 22.9. The zero-order valence-corrected chi connectivity index (χ0v) is 21.6. The molecule has 10 atom stereocenters. The van der Waals surface area contributed by atoms with Gasteiger partial charge >= 0.3 is 5.97 Å². The summed E-state index contributed by atoms with van der Waals surface area (Å²) in [5, 5.41) is 0. The number of rotatable bonds is 6. The van der Waals surface area contributed by atoms with E-state index in [1.165, 1.54) is 64.7 Å². The minimum Gasteiger partial charge on any atom is -0.430 e. The quantitative estimate of drug-likeness (QED) is 0.317. The van der Waals surface area contributed by atoms with Crippen LogP contribution in [0.25, 0.3) is 0 Å². The highest BCUT2D eigenvalue weighted by Crippen LogP contribution is 2.71. The van der Waals surface area contributed by atoms with Gasteiger partial charge in [0, 0.05) is 13.3 Å². The van der Waals surface area contributed by atoms with Crippen molar-refractivity contribution in [3.8, 4) is 0 Å². The number of ether oxygens (including phenoxy) is 2. The second-order valence-electron chi connectivity index (χ2n) is 13.6. The second-order valence-corrected chi connectivity index (χ2v) is 13.6. The Labute approximate surface area is 196 Å². The number of hydrogen-bond donors (Lipinski definition) is 0. The fourth-order valence-corrected chi connectivity index (χ4v) is 9.91. The highest BCUT2D eigenvalue weighted by molar-refractivity contribution is 5.66. The zero-order valence-electron chi connectivity index (χ0n) is 21.6. The van der Waals surface area contributed by atoms with Crippen LogP contribution >= 0.6 is 0 Å². The van der Waals surface area contributed by atoms with Crippen molar-refractivity contribution in [1.29, 1.82) is 0 Å². The first kappa shape index (κ1) is 23.2. The molecule has 0 amide bonds. The predicted molar refractivity (Wildman–Crippen MR) is 128 cm³/mol. The van der Waals surface area contributed by atoms with E-state index >= 15 is 0 Å². The fourth-order valence-electron chi connectivity index (χ4n) is 9.91. The van der Waals surface area contributed by atoms with Crippen molar-refractivity contribution in [2.24, 2.45) is 52.3 Å². The van der Waals surface area contributed by atoms with Crippen LogP contribution in [0.3, 0.4) is 0 Å². The molecule has 0 aromatic carbocycles. The van der Waals surface area contributed by atoms with Crippen molar-refractivity contribution in [2.75, 3.05) is 0 Å². The van der Waals surface area contributed by atoms with E-state index in [1.807, 2.05) is 0 Å². The number of carbonyl (C=O) groups excluding carboxylic acids is 1. The Kier molecular flexibility index (Phi) is 5.79. The van der Waals surface area contributed by atoms with E-state index in [9.17, 15) is 4.79 Å². The predicted octanol–water partition coefficient (Wildman–Crippen LogP) is 7.38. The van der Waals surface area contributed by atoms with Gasteiger partial charge in [-0.1, -0.05) is 53.9 Å². The van der Waals surface area contributed by atoms with E-state index in [0.717, 1.165) is 48.3 Å². The topological polar surface area (TPSA) is 38.8 Å². The maximum absolute atomic E-state index is 11.7. The molecule has 0 N–H and O–H groups in total. The molecule has 0 spiro atoms. The average Bonchev–Trinajstić information content (AvgIpc) is 3.23. The van der Waals surface area contributed by atoms with Gasteiger partial charge in [-0.2, -0.15) is 0 Å². The Morgan fingerprint density at radius 3 is 2.44 bits per heavy atom.